The lowest BCUT2D eigenvalue weighted by Gasteiger charge is -1.98. The van der Waals surface area contributed by atoms with Gasteiger partial charge >= 0.3 is 0 Å². The van der Waals surface area contributed by atoms with Gasteiger partial charge in [-0.15, -0.1) is 11.3 Å². The fourth-order valence-electron chi connectivity index (χ4n) is 1.70. The Hall–Kier alpha value is -0.380. The summed E-state index contributed by atoms with van der Waals surface area (Å²) in [5.74, 6) is 0. The van der Waals surface area contributed by atoms with Gasteiger partial charge in [0.25, 0.3) is 0 Å². The van der Waals surface area contributed by atoms with Gasteiger partial charge in [0.05, 0.1) is 0 Å². The minimum absolute atomic E-state index is 0.721. The van der Waals surface area contributed by atoms with Crippen molar-refractivity contribution in [1.29, 1.82) is 0 Å². The van der Waals surface area contributed by atoms with Crippen LogP contribution in [0.2, 0.25) is 0 Å². The van der Waals surface area contributed by atoms with Crippen LogP contribution in [0.4, 0.5) is 0 Å². The summed E-state index contributed by atoms with van der Waals surface area (Å²) in [5.41, 5.74) is 7.02. The third-order valence-electron chi connectivity index (χ3n) is 2.35. The van der Waals surface area contributed by atoms with Gasteiger partial charge in [-0.3, -0.25) is 0 Å². The summed E-state index contributed by atoms with van der Waals surface area (Å²) in [6.45, 7) is 2.89. The zero-order valence-electron chi connectivity index (χ0n) is 8.01. The molecular weight excluding hydrogens is 258 g/mol. The molecule has 2 rings (SSSR count). The van der Waals surface area contributed by atoms with Crippen molar-refractivity contribution >= 4 is 37.4 Å². The standard InChI is InChI=1S/C11H12BrNS/c1-7-9(4-5-13)10-6-8(12)2-3-11(10)14-7/h2-3,6H,4-5,13H2,1H3. The fraction of sp³-hybridized carbons (Fsp3) is 0.273. The maximum Gasteiger partial charge on any atom is 0.0349 e. The number of fused-ring (bicyclic) bond motifs is 1. The van der Waals surface area contributed by atoms with Crippen LogP contribution in [0.3, 0.4) is 0 Å². The van der Waals surface area contributed by atoms with Crippen LogP contribution in [0, 0.1) is 6.92 Å². The molecule has 14 heavy (non-hydrogen) atoms. The number of nitrogens with two attached hydrogens (primary N) is 1. The van der Waals surface area contributed by atoms with Crippen molar-refractivity contribution in [2.75, 3.05) is 6.54 Å². The summed E-state index contributed by atoms with van der Waals surface area (Å²) in [4.78, 5) is 1.39. The topological polar surface area (TPSA) is 26.0 Å². The molecule has 1 nitrogen and oxygen atoms in total. The van der Waals surface area contributed by atoms with Gasteiger partial charge in [0.1, 0.15) is 0 Å². The highest BCUT2D eigenvalue weighted by Crippen LogP contribution is 2.32. The second-order valence-corrected chi connectivity index (χ2v) is 5.49. The summed E-state index contributed by atoms with van der Waals surface area (Å²) in [7, 11) is 0. The van der Waals surface area contributed by atoms with Crippen LogP contribution in [0.15, 0.2) is 22.7 Å². The minimum Gasteiger partial charge on any atom is -0.330 e. The monoisotopic (exact) mass is 269 g/mol. The van der Waals surface area contributed by atoms with Crippen molar-refractivity contribution < 1.29 is 0 Å². The third-order valence-corrected chi connectivity index (χ3v) is 3.97. The molecule has 1 aromatic heterocycles. The molecular formula is C11H12BrNS. The lowest BCUT2D eigenvalue weighted by atomic mass is 10.1. The number of rotatable bonds is 2. The highest BCUT2D eigenvalue weighted by atomic mass is 79.9. The average molecular weight is 270 g/mol. The molecule has 0 unspecified atom stereocenters. The molecule has 0 spiro atoms. The number of hydrogen-bond donors (Lipinski definition) is 1. The number of benzene rings is 1. The maximum absolute atomic E-state index is 5.61. The van der Waals surface area contributed by atoms with E-state index in [0.29, 0.717) is 0 Å². The molecule has 2 aromatic rings. The first-order chi connectivity index (χ1) is 6.72. The Labute approximate surface area is 96.1 Å². The van der Waals surface area contributed by atoms with E-state index in [0.717, 1.165) is 17.4 Å². The molecule has 0 aliphatic heterocycles. The highest BCUT2D eigenvalue weighted by molar-refractivity contribution is 9.10. The molecule has 1 heterocycles. The first-order valence-electron chi connectivity index (χ1n) is 4.60. The molecule has 2 N–H and O–H groups in total. The molecule has 0 aliphatic rings. The predicted octanol–water partition coefficient (Wildman–Crippen LogP) is 3.47. The van der Waals surface area contributed by atoms with Gasteiger partial charge < -0.3 is 5.73 Å². The van der Waals surface area contributed by atoms with E-state index in [1.54, 1.807) is 0 Å². The molecule has 0 fully saturated rings. The van der Waals surface area contributed by atoms with Gasteiger partial charge in [-0.25, -0.2) is 0 Å². The molecule has 0 saturated heterocycles. The van der Waals surface area contributed by atoms with Crippen LogP contribution in [-0.2, 0) is 6.42 Å². The van der Waals surface area contributed by atoms with Gasteiger partial charge in [-0.2, -0.15) is 0 Å². The van der Waals surface area contributed by atoms with E-state index in [2.05, 4.69) is 41.1 Å². The first kappa shape index (κ1) is 10.1. The second kappa shape index (κ2) is 4.01. The molecule has 3 heteroatoms. The summed E-state index contributed by atoms with van der Waals surface area (Å²) in [6.07, 6.45) is 0.974. The van der Waals surface area contributed by atoms with Crippen LogP contribution in [-0.4, -0.2) is 6.54 Å². The largest absolute Gasteiger partial charge is 0.330 e. The van der Waals surface area contributed by atoms with Crippen molar-refractivity contribution in [3.05, 3.63) is 33.1 Å². The summed E-state index contributed by atoms with van der Waals surface area (Å²) in [6, 6.07) is 6.44. The van der Waals surface area contributed by atoms with E-state index < -0.39 is 0 Å². The van der Waals surface area contributed by atoms with Crippen molar-refractivity contribution in [3.8, 4) is 0 Å². The van der Waals surface area contributed by atoms with Gasteiger partial charge in [-0.1, -0.05) is 15.9 Å². The van der Waals surface area contributed by atoms with Gasteiger partial charge in [0, 0.05) is 14.0 Å². The normalized spacial score (nSPS) is 11.1. The lowest BCUT2D eigenvalue weighted by Crippen LogP contribution is -2.02. The summed E-state index contributed by atoms with van der Waals surface area (Å²) < 4.78 is 2.50. The van der Waals surface area contributed by atoms with Crippen molar-refractivity contribution in [2.24, 2.45) is 5.73 Å². The molecule has 0 radical (unpaired) electrons. The van der Waals surface area contributed by atoms with E-state index in [-0.39, 0.29) is 0 Å². The van der Waals surface area contributed by atoms with Crippen LogP contribution in [0.5, 0.6) is 0 Å². The molecule has 0 aliphatic carbocycles. The Morgan fingerprint density at radius 2 is 2.21 bits per heavy atom. The van der Waals surface area contributed by atoms with Crippen LogP contribution in [0.1, 0.15) is 10.4 Å². The number of hydrogen-bond acceptors (Lipinski definition) is 2. The molecule has 0 bridgehead atoms. The Kier molecular flexibility index (Phi) is 2.91. The van der Waals surface area contributed by atoms with E-state index in [1.807, 2.05) is 11.3 Å². The van der Waals surface area contributed by atoms with Crippen LogP contribution >= 0.6 is 27.3 Å². The quantitative estimate of drug-likeness (QED) is 0.888. The predicted molar refractivity (Wildman–Crippen MR) is 67.0 cm³/mol. The number of aryl methyl sites for hydroxylation is 1. The smallest absolute Gasteiger partial charge is 0.0349 e. The number of halogens is 1. The zero-order valence-corrected chi connectivity index (χ0v) is 10.4. The number of thiophene rings is 1. The third kappa shape index (κ3) is 1.72. The Morgan fingerprint density at radius 1 is 1.43 bits per heavy atom. The average Bonchev–Trinajstić information content (AvgIpc) is 2.45. The Balaban J connectivity index is 2.66. The lowest BCUT2D eigenvalue weighted by molar-refractivity contribution is 0.974. The van der Waals surface area contributed by atoms with Crippen molar-refractivity contribution in [1.82, 2.24) is 0 Å². The van der Waals surface area contributed by atoms with Crippen molar-refractivity contribution in [3.63, 3.8) is 0 Å². The molecule has 74 valence electrons. The molecule has 0 amide bonds. The zero-order chi connectivity index (χ0) is 10.1. The minimum atomic E-state index is 0.721. The highest BCUT2D eigenvalue weighted by Gasteiger charge is 2.07. The van der Waals surface area contributed by atoms with Gasteiger partial charge in [-0.05, 0) is 49.0 Å². The fourth-order valence-corrected chi connectivity index (χ4v) is 3.15. The summed E-state index contributed by atoms with van der Waals surface area (Å²) in [5, 5.41) is 1.35. The second-order valence-electron chi connectivity index (χ2n) is 3.32. The van der Waals surface area contributed by atoms with Crippen molar-refractivity contribution in [2.45, 2.75) is 13.3 Å². The van der Waals surface area contributed by atoms with Crippen LogP contribution < -0.4 is 5.73 Å². The molecule has 0 saturated carbocycles. The van der Waals surface area contributed by atoms with E-state index in [1.165, 1.54) is 20.5 Å². The molecule has 1 aromatic carbocycles. The van der Waals surface area contributed by atoms with E-state index in [9.17, 15) is 0 Å². The van der Waals surface area contributed by atoms with E-state index >= 15 is 0 Å². The molecule has 0 atom stereocenters. The van der Waals surface area contributed by atoms with E-state index in [4.69, 9.17) is 5.73 Å². The maximum atomic E-state index is 5.61. The van der Waals surface area contributed by atoms with Gasteiger partial charge in [0.15, 0.2) is 0 Å². The first-order valence-corrected chi connectivity index (χ1v) is 6.21. The van der Waals surface area contributed by atoms with Gasteiger partial charge in [0.2, 0.25) is 0 Å². The van der Waals surface area contributed by atoms with Crippen LogP contribution in [0.25, 0.3) is 10.1 Å². The summed E-state index contributed by atoms with van der Waals surface area (Å²) >= 11 is 5.35. The SMILES string of the molecule is Cc1sc2ccc(Br)cc2c1CCN. The Bertz CT molecular complexity index is 462. The Morgan fingerprint density at radius 3 is 2.93 bits per heavy atom.